The van der Waals surface area contributed by atoms with Crippen molar-refractivity contribution in [1.29, 1.82) is 0 Å². The van der Waals surface area contributed by atoms with Crippen LogP contribution >= 0.6 is 0 Å². The summed E-state index contributed by atoms with van der Waals surface area (Å²) >= 11 is 0. The minimum absolute atomic E-state index is 0.0170. The van der Waals surface area contributed by atoms with Crippen LogP contribution in [0.25, 0.3) is 28.4 Å². The number of methoxy groups -OCH3 is 1. The molecule has 7 N–H and O–H groups in total. The third-order valence-corrected chi connectivity index (χ3v) is 8.84. The van der Waals surface area contributed by atoms with Crippen molar-refractivity contribution in [2.45, 2.75) is 68.3 Å². The molecule has 0 bridgehead atoms. The van der Waals surface area contributed by atoms with Crippen molar-refractivity contribution >= 4 is 23.0 Å². The van der Waals surface area contributed by atoms with Crippen LogP contribution in [0.3, 0.4) is 0 Å². The fourth-order valence-electron chi connectivity index (χ4n) is 5.88. The number of hydrogen-bond acceptors (Lipinski definition) is 16. The number of ether oxygens (including phenoxy) is 6. The molecule has 10 atom stereocenters. The van der Waals surface area contributed by atoms with Crippen LogP contribution in [0.1, 0.15) is 12.5 Å². The number of carbonyl (C=O) groups is 1. The van der Waals surface area contributed by atoms with E-state index in [-0.39, 0.29) is 28.2 Å². The first kappa shape index (κ1) is 37.7. The number of aromatic hydroxyl groups is 2. The van der Waals surface area contributed by atoms with E-state index < -0.39 is 85.2 Å². The molecule has 2 aliphatic heterocycles. The number of aliphatic hydroxyl groups is 5. The third-order valence-electron chi connectivity index (χ3n) is 8.84. The Morgan fingerprint density at radius 2 is 1.53 bits per heavy atom. The lowest BCUT2D eigenvalue weighted by molar-refractivity contribution is -0.319. The van der Waals surface area contributed by atoms with E-state index in [0.717, 1.165) is 12.1 Å². The van der Waals surface area contributed by atoms with Crippen molar-refractivity contribution in [2.24, 2.45) is 0 Å². The van der Waals surface area contributed by atoms with Crippen LogP contribution in [-0.2, 0) is 23.7 Å². The second-order valence-electron chi connectivity index (χ2n) is 12.5. The van der Waals surface area contributed by atoms with Gasteiger partial charge < -0.3 is 68.6 Å². The van der Waals surface area contributed by atoms with Crippen molar-refractivity contribution in [2.75, 3.05) is 13.7 Å². The minimum atomic E-state index is -1.85. The Morgan fingerprint density at radius 1 is 0.811 bits per heavy atom. The minimum Gasteiger partial charge on any atom is -0.508 e. The predicted molar refractivity (Wildman–Crippen MR) is 183 cm³/mol. The Balaban J connectivity index is 1.26. The average Bonchev–Trinajstić information content (AvgIpc) is 3.14. The van der Waals surface area contributed by atoms with Crippen LogP contribution in [0.4, 0.5) is 0 Å². The second-order valence-corrected chi connectivity index (χ2v) is 12.5. The molecule has 2 fully saturated rings. The van der Waals surface area contributed by atoms with Crippen LogP contribution in [-0.4, -0.2) is 117 Å². The van der Waals surface area contributed by atoms with Crippen LogP contribution < -0.4 is 14.9 Å². The highest BCUT2D eigenvalue weighted by Crippen LogP contribution is 2.34. The molecule has 2 saturated heterocycles. The van der Waals surface area contributed by atoms with E-state index in [2.05, 4.69) is 0 Å². The standard InChI is InChI=1S/C37H38O16/c1-17-30(42)32(44)33(45)36(49-17)48-16-27-31(43)35(53-28(41)12-5-18-3-8-20(38)9-4-18)34(46)37(52-27)50-22-13-23(39)29-24(40)15-25(51-26(29)14-22)19-6-10-21(47-2)11-7-19/h3-15,17,27,30-39,42-46H,16H2,1-2H3/b12-5+/t17-,27+,30-,31+,32+,33+,34+,35-,36+,37+/m0/s1. The monoisotopic (exact) mass is 738 g/mol. The fraction of sp³-hybridized carbons (Fsp3) is 0.351. The number of carbonyl (C=O) groups excluding carboxylic acids is 1. The molecule has 0 spiro atoms. The molecule has 3 heterocycles. The lowest BCUT2D eigenvalue weighted by Crippen LogP contribution is -2.62. The molecular weight excluding hydrogens is 700 g/mol. The van der Waals surface area contributed by atoms with Gasteiger partial charge in [-0.3, -0.25) is 4.79 Å². The highest BCUT2D eigenvalue weighted by Gasteiger charge is 2.49. The molecule has 0 unspecified atom stereocenters. The molecule has 282 valence electrons. The number of aliphatic hydroxyl groups excluding tert-OH is 5. The van der Waals surface area contributed by atoms with Crippen LogP contribution in [0.5, 0.6) is 23.0 Å². The molecule has 6 rings (SSSR count). The Labute approximate surface area is 301 Å². The van der Waals surface area contributed by atoms with E-state index in [1.54, 1.807) is 24.3 Å². The Kier molecular flexibility index (Phi) is 11.3. The summed E-state index contributed by atoms with van der Waals surface area (Å²) in [6.45, 7) is 0.885. The number of phenolic OH excluding ortho intramolecular Hbond substituents is 2. The fourth-order valence-corrected chi connectivity index (χ4v) is 5.88. The average molecular weight is 739 g/mol. The summed E-state index contributed by atoms with van der Waals surface area (Å²) in [5.41, 5.74) is 0.433. The highest BCUT2D eigenvalue weighted by molar-refractivity contribution is 5.87. The summed E-state index contributed by atoms with van der Waals surface area (Å²) in [4.78, 5) is 25.9. The van der Waals surface area contributed by atoms with Crippen molar-refractivity contribution in [3.8, 4) is 34.3 Å². The van der Waals surface area contributed by atoms with E-state index in [0.29, 0.717) is 16.9 Å². The number of esters is 1. The van der Waals surface area contributed by atoms with Crippen molar-refractivity contribution < 1.29 is 73.4 Å². The SMILES string of the molecule is COc1ccc(-c2cc(=O)c3c(O)cc(O[C@@H]4O[C@H](CO[C@@H]5O[C@@H](C)[C@H](O)[C@@H](O)[C@H]5O)[C@@H](O)[C@H](OC(=O)/C=C/c5ccc(O)cc5)[C@H]4O)cc3o2)cc1. The van der Waals surface area contributed by atoms with Gasteiger partial charge in [0.1, 0.15) is 70.2 Å². The van der Waals surface area contributed by atoms with Crippen LogP contribution in [0.15, 0.2) is 82.0 Å². The van der Waals surface area contributed by atoms with Crippen LogP contribution in [0, 0.1) is 0 Å². The quantitative estimate of drug-likeness (QED) is 0.0892. The summed E-state index contributed by atoms with van der Waals surface area (Å²) in [7, 11) is 1.51. The molecule has 0 aliphatic carbocycles. The molecule has 0 amide bonds. The van der Waals surface area contributed by atoms with Gasteiger partial charge in [0.15, 0.2) is 23.9 Å². The molecule has 4 aromatic rings. The maximum Gasteiger partial charge on any atom is 0.331 e. The Hall–Kier alpha value is -5.04. The number of phenols is 2. The summed E-state index contributed by atoms with van der Waals surface area (Å²) < 4.78 is 39.4. The zero-order chi connectivity index (χ0) is 38.0. The summed E-state index contributed by atoms with van der Waals surface area (Å²) in [6.07, 6.45) is -13.1. The van der Waals surface area contributed by atoms with Gasteiger partial charge in [-0.05, 0) is 55.0 Å². The van der Waals surface area contributed by atoms with Gasteiger partial charge in [0.05, 0.1) is 19.8 Å². The normalized spacial score (nSPS) is 28.9. The summed E-state index contributed by atoms with van der Waals surface area (Å²) in [5.74, 6) is -0.881. The molecule has 0 radical (unpaired) electrons. The molecule has 3 aromatic carbocycles. The number of hydrogen-bond donors (Lipinski definition) is 7. The van der Waals surface area contributed by atoms with Crippen LogP contribution in [0.2, 0.25) is 0 Å². The maximum atomic E-state index is 13.0. The van der Waals surface area contributed by atoms with Crippen molar-refractivity contribution in [3.05, 3.63) is 88.6 Å². The van der Waals surface area contributed by atoms with E-state index in [1.165, 1.54) is 56.5 Å². The first-order chi connectivity index (χ1) is 25.3. The second kappa shape index (κ2) is 15.9. The van der Waals surface area contributed by atoms with E-state index in [4.69, 9.17) is 32.8 Å². The first-order valence-corrected chi connectivity index (χ1v) is 16.5. The molecule has 1 aromatic heterocycles. The number of fused-ring (bicyclic) bond motifs is 1. The lowest BCUT2D eigenvalue weighted by atomic mass is 9.98. The zero-order valence-corrected chi connectivity index (χ0v) is 28.3. The van der Waals surface area contributed by atoms with E-state index >= 15 is 0 Å². The third kappa shape index (κ3) is 8.30. The van der Waals surface area contributed by atoms with Gasteiger partial charge in [0, 0.05) is 29.8 Å². The molecule has 0 saturated carbocycles. The van der Waals surface area contributed by atoms with Gasteiger partial charge >= 0.3 is 5.97 Å². The smallest absolute Gasteiger partial charge is 0.331 e. The number of benzene rings is 3. The van der Waals surface area contributed by atoms with Gasteiger partial charge in [0.25, 0.3) is 0 Å². The highest BCUT2D eigenvalue weighted by atomic mass is 16.7. The van der Waals surface area contributed by atoms with Crippen molar-refractivity contribution in [1.82, 2.24) is 0 Å². The van der Waals surface area contributed by atoms with E-state index in [1.807, 2.05) is 0 Å². The zero-order valence-electron chi connectivity index (χ0n) is 28.3. The summed E-state index contributed by atoms with van der Waals surface area (Å²) in [5, 5.41) is 73.4. The van der Waals surface area contributed by atoms with Gasteiger partial charge in [-0.2, -0.15) is 0 Å². The van der Waals surface area contributed by atoms with E-state index in [9.17, 15) is 45.3 Å². The Morgan fingerprint density at radius 3 is 2.23 bits per heavy atom. The lowest BCUT2D eigenvalue weighted by Gasteiger charge is -2.43. The largest absolute Gasteiger partial charge is 0.508 e. The number of rotatable bonds is 10. The summed E-state index contributed by atoms with van der Waals surface area (Å²) in [6, 6.07) is 16.2. The Bertz CT molecular complexity index is 1980. The molecule has 16 heteroatoms. The molecule has 16 nitrogen and oxygen atoms in total. The first-order valence-electron chi connectivity index (χ1n) is 16.5. The predicted octanol–water partition coefficient (Wildman–Crippen LogP) is 1.17. The van der Waals surface area contributed by atoms with Crippen molar-refractivity contribution in [3.63, 3.8) is 0 Å². The molecule has 2 aliphatic rings. The van der Waals surface area contributed by atoms with Gasteiger partial charge in [-0.1, -0.05) is 12.1 Å². The van der Waals surface area contributed by atoms with Gasteiger partial charge in [-0.25, -0.2) is 4.79 Å². The topological polar surface area (TPSA) is 244 Å². The van der Waals surface area contributed by atoms with Gasteiger partial charge in [0.2, 0.25) is 6.29 Å². The molecular formula is C37H38O16. The van der Waals surface area contributed by atoms with Gasteiger partial charge in [-0.15, -0.1) is 0 Å². The molecule has 53 heavy (non-hydrogen) atoms. The maximum absolute atomic E-state index is 13.0.